The molecule has 0 spiro atoms. The Hall–Kier alpha value is -4.51. The molecule has 0 saturated carbocycles. The van der Waals surface area contributed by atoms with Crippen LogP contribution in [-0.4, -0.2) is 105 Å². The molecule has 0 aromatic rings. The Labute approximate surface area is 274 Å². The Morgan fingerprint density at radius 2 is 0.660 bits per heavy atom. The molecule has 0 aliphatic heterocycles. The van der Waals surface area contributed by atoms with Crippen LogP contribution in [0.25, 0.3) is 0 Å². The molecule has 53 heavy (non-hydrogen) atoms. The molecule has 31 heteroatoms. The van der Waals surface area contributed by atoms with Gasteiger partial charge < -0.3 is 20.1 Å². The van der Waals surface area contributed by atoms with Crippen LogP contribution in [0, 0.1) is 0 Å². The quantitative estimate of drug-likeness (QED) is 0.0911. The molecule has 0 rings (SSSR count). The van der Waals surface area contributed by atoms with E-state index in [0.29, 0.717) is 19.1 Å². The summed E-state index contributed by atoms with van der Waals surface area (Å²) in [4.78, 5) is 39.1. The second kappa shape index (κ2) is 16.2. The molecule has 0 aromatic carbocycles. The van der Waals surface area contributed by atoms with E-state index in [1.165, 1.54) is 0 Å². The number of carboxylic acids is 3. The monoisotopic (exact) mass is 842 g/mol. The van der Waals surface area contributed by atoms with E-state index >= 15 is 0 Å². The molecule has 0 unspecified atom stereocenters. The molecule has 0 radical (unpaired) electrons. The van der Waals surface area contributed by atoms with E-state index < -0.39 is 89.5 Å². The van der Waals surface area contributed by atoms with Gasteiger partial charge in [-0.05, 0) is 6.92 Å². The summed E-state index contributed by atoms with van der Waals surface area (Å²) >= 11 is 0. The number of carboxylic acid groups (broad SMARTS) is 3. The van der Waals surface area contributed by atoms with Crippen LogP contribution in [0.2, 0.25) is 0 Å². The number of rotatable bonds is 14. The fourth-order valence-electron chi connectivity index (χ4n) is 2.24. The van der Waals surface area contributed by atoms with E-state index in [2.05, 4.69) is 11.3 Å². The first kappa shape index (κ1) is 52.8. The highest BCUT2D eigenvalue weighted by Crippen LogP contribution is 2.67. The van der Waals surface area contributed by atoms with E-state index in [1.54, 1.807) is 0 Å². The maximum absolute atomic E-state index is 13.6. The summed E-state index contributed by atoms with van der Waals surface area (Å²) in [6.07, 6.45) is -13.8. The highest BCUT2D eigenvalue weighted by atomic mass is 19.4. The van der Waals surface area contributed by atoms with Gasteiger partial charge in [-0.3, -0.25) is 0 Å². The molecule has 0 saturated heterocycles. The topological polar surface area (TPSA) is 138 Å². The number of aliphatic carboxylic acids is 3. The van der Waals surface area contributed by atoms with E-state index in [-0.39, 0.29) is 12.2 Å². The fourth-order valence-corrected chi connectivity index (χ4v) is 2.24. The van der Waals surface area contributed by atoms with Gasteiger partial charge in [-0.2, -0.15) is 101 Å². The van der Waals surface area contributed by atoms with Crippen molar-refractivity contribution in [2.24, 2.45) is 0 Å². The van der Waals surface area contributed by atoms with Gasteiger partial charge in [0.2, 0.25) is 0 Å². The SMILES string of the molecule is C=CC(=O)O.CC=CC(=O)OC(F)(F)C(F)(F)C(F)(F)C(F)(F)C(F)(F)C(F)(F)C(F)(F)C(F)(F)C(F)(F)C(F)(F)C(F)(F)F.O=C(O)C=CC(=O)O. The zero-order chi connectivity index (χ0) is 44.1. The summed E-state index contributed by atoms with van der Waals surface area (Å²) in [7, 11) is 0. The highest BCUT2D eigenvalue weighted by molar-refractivity contribution is 5.89. The third-order valence-corrected chi connectivity index (χ3v) is 4.95. The number of hydrogen-bond acceptors (Lipinski definition) is 5. The van der Waals surface area contributed by atoms with Crippen LogP contribution >= 0.6 is 0 Å². The van der Waals surface area contributed by atoms with Crippen LogP contribution in [0.15, 0.2) is 37.0 Å². The van der Waals surface area contributed by atoms with E-state index in [4.69, 9.17) is 15.3 Å². The molecule has 0 heterocycles. The lowest BCUT2D eigenvalue weighted by Crippen LogP contribution is -2.77. The summed E-state index contributed by atoms with van der Waals surface area (Å²) in [5, 5.41) is 23.2. The number of ether oxygens (including phenoxy) is 1. The lowest BCUT2D eigenvalue weighted by atomic mass is 9.86. The molecule has 8 nitrogen and oxygen atoms in total. The van der Waals surface area contributed by atoms with Gasteiger partial charge in [0.05, 0.1) is 0 Å². The number of carbonyl (C=O) groups is 4. The van der Waals surface area contributed by atoms with Gasteiger partial charge in [0, 0.05) is 24.3 Å². The molecule has 3 N–H and O–H groups in total. The Kier molecular flexibility index (Phi) is 16.2. The third-order valence-electron chi connectivity index (χ3n) is 4.95. The lowest BCUT2D eigenvalue weighted by molar-refractivity contribution is -0.484. The maximum atomic E-state index is 13.6. The van der Waals surface area contributed by atoms with Crippen molar-refractivity contribution in [2.75, 3.05) is 0 Å². The smallest absolute Gasteiger partial charge is 0.473 e. The van der Waals surface area contributed by atoms with Crippen LogP contribution in [0.4, 0.5) is 101 Å². The summed E-state index contributed by atoms with van der Waals surface area (Å²) in [6.45, 7) is 3.63. The predicted molar refractivity (Wildman–Crippen MR) is 119 cm³/mol. The highest BCUT2D eigenvalue weighted by Gasteiger charge is 2.99. The van der Waals surface area contributed by atoms with Crippen LogP contribution in [0.5, 0.6) is 0 Å². The van der Waals surface area contributed by atoms with Gasteiger partial charge in [-0.25, -0.2) is 19.2 Å². The summed E-state index contributed by atoms with van der Waals surface area (Å²) in [6, 6.07) is 0. The number of alkyl halides is 23. The van der Waals surface area contributed by atoms with Crippen LogP contribution in [0.1, 0.15) is 6.92 Å². The van der Waals surface area contributed by atoms with Gasteiger partial charge in [-0.15, -0.1) is 0 Å². The standard InChI is InChI=1S/C15H5F23O2.C4H4O4.C3H4O2/c1-2-3-4(39)40-15(37,38)13(32,33)11(28,29)9(24,25)7(20,21)5(16,17)6(18,19)8(22,23)10(26,27)12(30,31)14(34,35)36;5-3(6)1-2-4(7)8;1-2-3(4)5/h2-3H,1H3;1-2H,(H,5,6)(H,7,8);2H,1H2,(H,4,5). The average molecular weight is 842 g/mol. The first-order valence-electron chi connectivity index (χ1n) is 11.5. The average Bonchev–Trinajstić information content (AvgIpc) is 2.94. The van der Waals surface area contributed by atoms with Crippen LogP contribution < -0.4 is 0 Å². The van der Waals surface area contributed by atoms with E-state index in [1.807, 2.05) is 0 Å². The first-order valence-corrected chi connectivity index (χ1v) is 11.5. The third kappa shape index (κ3) is 9.73. The van der Waals surface area contributed by atoms with Crippen molar-refractivity contribution in [3.63, 3.8) is 0 Å². The Morgan fingerprint density at radius 1 is 0.434 bits per heavy atom. The molecule has 0 aliphatic rings. The molecule has 0 bridgehead atoms. The Bertz CT molecular complexity index is 1380. The normalized spacial score (nSPS) is 14.5. The minimum atomic E-state index is -9.48. The van der Waals surface area contributed by atoms with Crippen LogP contribution in [-0.2, 0) is 23.9 Å². The van der Waals surface area contributed by atoms with Gasteiger partial charge in [-0.1, -0.05) is 12.7 Å². The van der Waals surface area contributed by atoms with Crippen molar-refractivity contribution in [1.82, 2.24) is 0 Å². The van der Waals surface area contributed by atoms with E-state index in [0.717, 1.165) is 6.08 Å². The van der Waals surface area contributed by atoms with Gasteiger partial charge in [0.1, 0.15) is 0 Å². The number of allylic oxidation sites excluding steroid dienone is 1. The van der Waals surface area contributed by atoms with Crippen molar-refractivity contribution >= 4 is 23.9 Å². The molecular formula is C22H13F23O8. The van der Waals surface area contributed by atoms with E-state index in [9.17, 15) is 120 Å². The zero-order valence-corrected chi connectivity index (χ0v) is 24.2. The molecule has 0 aliphatic carbocycles. The Balaban J connectivity index is -0.00000162. The summed E-state index contributed by atoms with van der Waals surface area (Å²) < 4.78 is 305. The van der Waals surface area contributed by atoms with Gasteiger partial charge in [0.25, 0.3) is 0 Å². The number of esters is 1. The summed E-state index contributed by atoms with van der Waals surface area (Å²) in [5.41, 5.74) is 0. The molecular weight excluding hydrogens is 829 g/mol. The zero-order valence-electron chi connectivity index (χ0n) is 24.2. The Morgan fingerprint density at radius 3 is 0.849 bits per heavy atom. The molecule has 0 aromatic heterocycles. The van der Waals surface area contributed by atoms with Crippen molar-refractivity contribution < 1.29 is 140 Å². The van der Waals surface area contributed by atoms with Gasteiger partial charge >= 0.3 is 89.5 Å². The largest absolute Gasteiger partial charge is 0.478 e. The minimum Gasteiger partial charge on any atom is -0.478 e. The number of carbonyl (C=O) groups excluding carboxylic acids is 1. The van der Waals surface area contributed by atoms with Crippen molar-refractivity contribution in [3.05, 3.63) is 37.0 Å². The molecule has 310 valence electrons. The van der Waals surface area contributed by atoms with Crippen molar-refractivity contribution in [1.29, 1.82) is 0 Å². The molecule has 0 amide bonds. The predicted octanol–water partition coefficient (Wildman–Crippen LogP) is 7.95. The van der Waals surface area contributed by atoms with Crippen molar-refractivity contribution in [2.45, 2.75) is 72.5 Å². The molecule has 0 fully saturated rings. The fraction of sp³-hybridized carbons (Fsp3) is 0.545. The number of halogens is 23. The van der Waals surface area contributed by atoms with Crippen LogP contribution in [0.3, 0.4) is 0 Å². The summed E-state index contributed by atoms with van der Waals surface area (Å²) in [5.74, 6) is -88.2. The number of hydrogen-bond donors (Lipinski definition) is 3. The second-order valence-corrected chi connectivity index (χ2v) is 8.66. The van der Waals surface area contributed by atoms with Gasteiger partial charge in [0.15, 0.2) is 0 Å². The minimum absolute atomic E-state index is 0.276. The maximum Gasteiger partial charge on any atom is 0.473 e. The lowest BCUT2D eigenvalue weighted by Gasteiger charge is -2.44. The molecule has 0 atom stereocenters. The van der Waals surface area contributed by atoms with Crippen molar-refractivity contribution in [3.8, 4) is 0 Å². The second-order valence-electron chi connectivity index (χ2n) is 8.66. The first-order chi connectivity index (χ1) is 22.9.